The summed E-state index contributed by atoms with van der Waals surface area (Å²) in [6.45, 7) is 6.52. The smallest absolute Gasteiger partial charge is 0.409 e. The van der Waals surface area contributed by atoms with E-state index in [0.29, 0.717) is 0 Å². The number of hydrogen-bond donors (Lipinski definition) is 1. The number of aliphatic hydroxyl groups is 1. The molecule has 0 saturated carbocycles. The molecule has 88 valence electrons. The van der Waals surface area contributed by atoms with Gasteiger partial charge in [0, 0.05) is 26.2 Å². The first-order valence-corrected chi connectivity index (χ1v) is 5.53. The van der Waals surface area contributed by atoms with E-state index in [0.717, 1.165) is 39.1 Å². The molecule has 5 nitrogen and oxygen atoms in total. The van der Waals surface area contributed by atoms with Crippen molar-refractivity contribution >= 4 is 6.09 Å². The molecule has 1 heterocycles. The second kappa shape index (κ2) is 6.63. The maximum Gasteiger partial charge on any atom is 0.409 e. The van der Waals surface area contributed by atoms with E-state index in [1.54, 1.807) is 4.90 Å². The third kappa shape index (κ3) is 4.05. The summed E-state index contributed by atoms with van der Waals surface area (Å²) in [6, 6.07) is 0. The highest BCUT2D eigenvalue weighted by atomic mass is 16.6. The molecule has 1 saturated heterocycles. The molecule has 1 aliphatic heterocycles. The summed E-state index contributed by atoms with van der Waals surface area (Å²) in [5.41, 5.74) is 0. The highest BCUT2D eigenvalue weighted by Gasteiger charge is 2.21. The van der Waals surface area contributed by atoms with Gasteiger partial charge in [0.15, 0.2) is 0 Å². The maximum atomic E-state index is 11.4. The largest absolute Gasteiger partial charge is 0.447 e. The van der Waals surface area contributed by atoms with Gasteiger partial charge in [-0.15, -0.1) is 0 Å². The molecular weight excluding hydrogens is 196 g/mol. The van der Waals surface area contributed by atoms with Gasteiger partial charge in [-0.1, -0.05) is 6.92 Å². The van der Waals surface area contributed by atoms with Gasteiger partial charge in [0.1, 0.15) is 6.61 Å². The first kappa shape index (κ1) is 12.3. The van der Waals surface area contributed by atoms with E-state index in [1.165, 1.54) is 0 Å². The highest BCUT2D eigenvalue weighted by Crippen LogP contribution is 2.04. The zero-order valence-corrected chi connectivity index (χ0v) is 9.31. The van der Waals surface area contributed by atoms with E-state index in [9.17, 15) is 4.79 Å². The average molecular weight is 216 g/mol. The van der Waals surface area contributed by atoms with E-state index in [1.807, 2.05) is 0 Å². The second-order valence-electron chi connectivity index (χ2n) is 3.67. The molecule has 0 aromatic rings. The van der Waals surface area contributed by atoms with Crippen LogP contribution in [0.15, 0.2) is 0 Å². The van der Waals surface area contributed by atoms with Gasteiger partial charge in [0.2, 0.25) is 0 Å². The van der Waals surface area contributed by atoms with Crippen molar-refractivity contribution in [2.24, 2.45) is 0 Å². The molecule has 1 rings (SSSR count). The molecule has 0 spiro atoms. The number of carbonyl (C=O) groups is 1. The number of hydrogen-bond acceptors (Lipinski definition) is 4. The van der Waals surface area contributed by atoms with E-state index < -0.39 is 0 Å². The first-order valence-electron chi connectivity index (χ1n) is 5.53. The van der Waals surface area contributed by atoms with Gasteiger partial charge in [-0.3, -0.25) is 4.90 Å². The fourth-order valence-electron chi connectivity index (χ4n) is 1.69. The Hall–Kier alpha value is -0.810. The van der Waals surface area contributed by atoms with E-state index in [4.69, 9.17) is 9.84 Å². The van der Waals surface area contributed by atoms with Crippen molar-refractivity contribution < 1.29 is 14.6 Å². The van der Waals surface area contributed by atoms with Gasteiger partial charge < -0.3 is 14.7 Å². The maximum absolute atomic E-state index is 11.4. The van der Waals surface area contributed by atoms with Crippen LogP contribution in [0.4, 0.5) is 4.79 Å². The Kier molecular flexibility index (Phi) is 5.42. The summed E-state index contributed by atoms with van der Waals surface area (Å²) in [5, 5.41) is 8.52. The minimum atomic E-state index is -0.305. The first-order chi connectivity index (χ1) is 7.27. The molecule has 5 heteroatoms. The molecule has 0 unspecified atom stereocenters. The lowest BCUT2D eigenvalue weighted by atomic mass is 10.3. The number of carbonyl (C=O) groups excluding carboxylic acids is 1. The van der Waals surface area contributed by atoms with Gasteiger partial charge in [-0.05, 0) is 13.0 Å². The van der Waals surface area contributed by atoms with Crippen molar-refractivity contribution in [3.63, 3.8) is 0 Å². The number of aliphatic hydroxyl groups excluding tert-OH is 1. The Morgan fingerprint density at radius 2 is 2.00 bits per heavy atom. The van der Waals surface area contributed by atoms with Crippen LogP contribution in [0.25, 0.3) is 0 Å². The van der Waals surface area contributed by atoms with Crippen LogP contribution >= 0.6 is 0 Å². The zero-order chi connectivity index (χ0) is 11.1. The van der Waals surface area contributed by atoms with Gasteiger partial charge >= 0.3 is 6.09 Å². The van der Waals surface area contributed by atoms with Crippen molar-refractivity contribution in [3.8, 4) is 0 Å². The standard InChI is InChI=1S/C10H20N2O3/c1-2-3-11-4-6-12(7-5-11)10(14)15-9-8-13/h13H,2-9H2,1H3. The number of ether oxygens (including phenoxy) is 1. The predicted molar refractivity (Wildman–Crippen MR) is 56.7 cm³/mol. The van der Waals surface area contributed by atoms with Crippen molar-refractivity contribution in [1.82, 2.24) is 9.80 Å². The topological polar surface area (TPSA) is 53.0 Å². The van der Waals surface area contributed by atoms with E-state index in [2.05, 4.69) is 11.8 Å². The van der Waals surface area contributed by atoms with Crippen LogP contribution in [-0.2, 0) is 4.74 Å². The molecule has 1 fully saturated rings. The van der Waals surface area contributed by atoms with Gasteiger partial charge in [-0.25, -0.2) is 4.79 Å². The lowest BCUT2D eigenvalue weighted by Crippen LogP contribution is -2.49. The Morgan fingerprint density at radius 1 is 1.33 bits per heavy atom. The van der Waals surface area contributed by atoms with Crippen molar-refractivity contribution in [1.29, 1.82) is 0 Å². The minimum absolute atomic E-state index is 0.0913. The van der Waals surface area contributed by atoms with Crippen LogP contribution in [0.1, 0.15) is 13.3 Å². The van der Waals surface area contributed by atoms with Crippen molar-refractivity contribution in [3.05, 3.63) is 0 Å². The van der Waals surface area contributed by atoms with Crippen molar-refractivity contribution in [2.75, 3.05) is 45.9 Å². The van der Waals surface area contributed by atoms with Crippen LogP contribution < -0.4 is 0 Å². The molecule has 0 aliphatic carbocycles. The van der Waals surface area contributed by atoms with Gasteiger partial charge in [-0.2, -0.15) is 0 Å². The number of nitrogens with zero attached hydrogens (tertiary/aromatic N) is 2. The summed E-state index contributed by atoms with van der Waals surface area (Å²) < 4.78 is 4.84. The highest BCUT2D eigenvalue weighted by molar-refractivity contribution is 5.67. The summed E-state index contributed by atoms with van der Waals surface area (Å²) in [4.78, 5) is 15.4. The molecule has 0 bridgehead atoms. The third-order valence-electron chi connectivity index (χ3n) is 2.49. The number of piperazine rings is 1. The normalized spacial score (nSPS) is 17.9. The molecule has 0 atom stereocenters. The molecule has 1 N–H and O–H groups in total. The van der Waals surface area contributed by atoms with Gasteiger partial charge in [0.25, 0.3) is 0 Å². The Balaban J connectivity index is 2.21. The summed E-state index contributed by atoms with van der Waals surface area (Å²) in [6.07, 6.45) is 0.842. The zero-order valence-electron chi connectivity index (χ0n) is 9.31. The Bertz CT molecular complexity index is 191. The quantitative estimate of drug-likeness (QED) is 0.726. The predicted octanol–water partition coefficient (Wildman–Crippen LogP) is 0.143. The van der Waals surface area contributed by atoms with Crippen molar-refractivity contribution in [2.45, 2.75) is 13.3 Å². The molecule has 0 aromatic carbocycles. The van der Waals surface area contributed by atoms with Crippen LogP contribution in [0.2, 0.25) is 0 Å². The van der Waals surface area contributed by atoms with E-state index in [-0.39, 0.29) is 19.3 Å². The second-order valence-corrected chi connectivity index (χ2v) is 3.67. The lowest BCUT2D eigenvalue weighted by Gasteiger charge is -2.33. The number of rotatable bonds is 4. The SMILES string of the molecule is CCCN1CCN(C(=O)OCCO)CC1. The summed E-state index contributed by atoms with van der Waals surface area (Å²) in [7, 11) is 0. The molecule has 1 aliphatic rings. The van der Waals surface area contributed by atoms with Crippen LogP contribution in [0, 0.1) is 0 Å². The lowest BCUT2D eigenvalue weighted by molar-refractivity contribution is 0.0644. The fraction of sp³-hybridized carbons (Fsp3) is 0.900. The third-order valence-corrected chi connectivity index (χ3v) is 2.49. The minimum Gasteiger partial charge on any atom is -0.447 e. The molecule has 1 amide bonds. The molecular formula is C10H20N2O3. The molecule has 0 aromatic heterocycles. The molecule has 0 radical (unpaired) electrons. The van der Waals surface area contributed by atoms with Crippen LogP contribution in [0.3, 0.4) is 0 Å². The van der Waals surface area contributed by atoms with Gasteiger partial charge in [0.05, 0.1) is 6.61 Å². The van der Waals surface area contributed by atoms with Crippen LogP contribution in [0.5, 0.6) is 0 Å². The average Bonchev–Trinajstić information content (AvgIpc) is 2.27. The summed E-state index contributed by atoms with van der Waals surface area (Å²) >= 11 is 0. The number of amides is 1. The van der Waals surface area contributed by atoms with E-state index >= 15 is 0 Å². The molecule has 15 heavy (non-hydrogen) atoms. The monoisotopic (exact) mass is 216 g/mol. The van der Waals surface area contributed by atoms with Crippen LogP contribution in [-0.4, -0.2) is 66.9 Å². The Labute approximate surface area is 90.6 Å². The Morgan fingerprint density at radius 3 is 2.53 bits per heavy atom. The summed E-state index contributed by atoms with van der Waals surface area (Å²) in [5.74, 6) is 0. The fourth-order valence-corrected chi connectivity index (χ4v) is 1.69.